The first kappa shape index (κ1) is 20.8. The average Bonchev–Trinajstić information content (AvgIpc) is 3.22. The van der Waals surface area contributed by atoms with Crippen LogP contribution in [0.5, 0.6) is 0 Å². The molecular weight excluding hydrogens is 397 g/mol. The van der Waals surface area contributed by atoms with E-state index in [0.717, 1.165) is 28.6 Å². The van der Waals surface area contributed by atoms with E-state index >= 15 is 0 Å². The first-order valence-electron chi connectivity index (χ1n) is 10.1. The fourth-order valence-corrected chi connectivity index (χ4v) is 5.52. The van der Waals surface area contributed by atoms with Gasteiger partial charge in [0.1, 0.15) is 11.4 Å². The van der Waals surface area contributed by atoms with Gasteiger partial charge in [0, 0.05) is 11.1 Å². The van der Waals surface area contributed by atoms with Gasteiger partial charge in [0.05, 0.1) is 10.4 Å². The Morgan fingerprint density at radius 3 is 2.40 bits per heavy atom. The molecule has 0 aliphatic carbocycles. The van der Waals surface area contributed by atoms with E-state index in [1.54, 1.807) is 19.1 Å². The van der Waals surface area contributed by atoms with Crippen LogP contribution in [-0.2, 0) is 25.8 Å². The summed E-state index contributed by atoms with van der Waals surface area (Å²) >= 11 is 0. The normalized spacial score (nSPS) is 17.6. The molecule has 1 aliphatic rings. The van der Waals surface area contributed by atoms with Gasteiger partial charge < -0.3 is 9.31 Å². The van der Waals surface area contributed by atoms with Crippen LogP contribution in [0.1, 0.15) is 39.0 Å². The Bertz CT molecular complexity index is 1240. The van der Waals surface area contributed by atoms with E-state index in [0.29, 0.717) is 11.2 Å². The van der Waals surface area contributed by atoms with E-state index < -0.39 is 22.7 Å². The van der Waals surface area contributed by atoms with Gasteiger partial charge in [-0.25, -0.2) is 12.4 Å². The van der Waals surface area contributed by atoms with Gasteiger partial charge in [-0.1, -0.05) is 31.2 Å². The highest BCUT2D eigenvalue weighted by atomic mass is 32.2. The van der Waals surface area contributed by atoms with Crippen molar-refractivity contribution >= 4 is 33.5 Å². The number of aryl methyl sites for hydroxylation is 2. The molecule has 1 aliphatic heterocycles. The van der Waals surface area contributed by atoms with E-state index in [1.807, 2.05) is 70.2 Å². The van der Waals surface area contributed by atoms with Gasteiger partial charge >= 0.3 is 7.12 Å². The van der Waals surface area contributed by atoms with Crippen molar-refractivity contribution in [1.82, 2.24) is 3.97 Å². The van der Waals surface area contributed by atoms with E-state index in [9.17, 15) is 8.42 Å². The van der Waals surface area contributed by atoms with Gasteiger partial charge in [0.2, 0.25) is 0 Å². The molecule has 1 saturated heterocycles. The van der Waals surface area contributed by atoms with Crippen molar-refractivity contribution in [3.63, 3.8) is 0 Å². The van der Waals surface area contributed by atoms with Crippen LogP contribution in [0.4, 0.5) is 0 Å². The molecule has 0 radical (unpaired) electrons. The minimum atomic E-state index is -3.70. The van der Waals surface area contributed by atoms with Crippen LogP contribution < -0.4 is 5.46 Å². The Labute approximate surface area is 178 Å². The summed E-state index contributed by atoms with van der Waals surface area (Å²) in [5.41, 5.74) is 2.76. The van der Waals surface area contributed by atoms with Crippen molar-refractivity contribution in [1.29, 1.82) is 0 Å². The van der Waals surface area contributed by atoms with E-state index in [1.165, 1.54) is 3.97 Å². The number of allylic oxidation sites excluding steroid dienone is 1. The van der Waals surface area contributed by atoms with Crippen molar-refractivity contribution in [2.45, 2.75) is 51.5 Å². The lowest BCUT2D eigenvalue weighted by Gasteiger charge is -2.16. The Balaban J connectivity index is 1.76. The number of hydrogen-bond acceptors (Lipinski definition) is 4. The van der Waals surface area contributed by atoms with E-state index in [4.69, 9.17) is 9.31 Å². The quantitative estimate of drug-likeness (QED) is 0.591. The summed E-state index contributed by atoms with van der Waals surface area (Å²) in [6.45, 7) is 9.72. The maximum atomic E-state index is 13.3. The molecule has 7 heteroatoms. The minimum absolute atomic E-state index is 0.284. The summed E-state index contributed by atoms with van der Waals surface area (Å²) in [6, 6.07) is 14.6. The second kappa shape index (κ2) is 7.32. The van der Waals surface area contributed by atoms with Crippen molar-refractivity contribution in [2.75, 3.05) is 0 Å². The molecule has 5 nitrogen and oxygen atoms in total. The molecule has 1 fully saturated rings. The van der Waals surface area contributed by atoms with Crippen molar-refractivity contribution in [3.05, 3.63) is 71.6 Å². The lowest BCUT2D eigenvalue weighted by molar-refractivity contribution is 0.172. The number of fused-ring (bicyclic) bond motifs is 1. The van der Waals surface area contributed by atoms with Crippen LogP contribution in [-0.4, -0.2) is 25.1 Å². The summed E-state index contributed by atoms with van der Waals surface area (Å²) in [6.07, 6.45) is 2.78. The highest BCUT2D eigenvalue weighted by Crippen LogP contribution is 2.31. The average molecular weight is 423 g/mol. The summed E-state index contributed by atoms with van der Waals surface area (Å²) in [7, 11) is -4.21. The number of aromatic nitrogens is 1. The van der Waals surface area contributed by atoms with Crippen LogP contribution in [0.3, 0.4) is 0 Å². The third-order valence-corrected chi connectivity index (χ3v) is 7.42. The third kappa shape index (κ3) is 3.36. The van der Waals surface area contributed by atoms with Crippen molar-refractivity contribution in [2.24, 2.45) is 0 Å². The molecule has 3 aromatic rings. The fourth-order valence-electron chi connectivity index (χ4n) is 3.97. The lowest BCUT2D eigenvalue weighted by Crippen LogP contribution is -2.34. The van der Waals surface area contributed by atoms with Gasteiger partial charge in [0.15, 0.2) is 0 Å². The lowest BCUT2D eigenvalue weighted by atomic mass is 9.79. The zero-order valence-corrected chi connectivity index (χ0v) is 18.8. The third-order valence-electron chi connectivity index (χ3n) is 5.59. The second-order valence-corrected chi connectivity index (χ2v) is 9.89. The molecule has 4 rings (SSSR count). The van der Waals surface area contributed by atoms with Crippen LogP contribution in [0.25, 0.3) is 10.9 Å². The standard InChI is InChI=1S/C23H26BNO4S/c1-6-17-8-11-20(12-9-17)30(26,27)25-16(3)14-18-15-19(10-13-21(18)25)24-28-22(7-2)23(4,5)29-24/h7-15H,6H2,1-5H3/b22-7+. The van der Waals surface area contributed by atoms with Crippen LogP contribution in [0, 0.1) is 6.92 Å². The Morgan fingerprint density at radius 1 is 1.10 bits per heavy atom. The zero-order valence-electron chi connectivity index (χ0n) is 18.0. The molecule has 0 bridgehead atoms. The Morgan fingerprint density at radius 2 is 1.80 bits per heavy atom. The number of rotatable bonds is 4. The predicted molar refractivity (Wildman–Crippen MR) is 120 cm³/mol. The first-order chi connectivity index (χ1) is 14.2. The van der Waals surface area contributed by atoms with E-state index in [-0.39, 0.29) is 4.90 Å². The SMILES string of the molecule is C/C=C1/OB(c2ccc3c(c2)cc(C)n3S(=O)(=O)c2ccc(CC)cc2)OC1(C)C. The molecule has 0 atom stereocenters. The van der Waals surface area contributed by atoms with Crippen LogP contribution in [0.15, 0.2) is 65.3 Å². The van der Waals surface area contributed by atoms with Crippen molar-refractivity contribution < 1.29 is 17.7 Å². The van der Waals surface area contributed by atoms with Gasteiger partial charge in [-0.05, 0) is 75.5 Å². The predicted octanol–water partition coefficient (Wildman–Crippen LogP) is 4.17. The van der Waals surface area contributed by atoms with Crippen LogP contribution >= 0.6 is 0 Å². The Hall–Kier alpha value is -2.51. The minimum Gasteiger partial charge on any atom is -0.534 e. The largest absolute Gasteiger partial charge is 0.563 e. The highest BCUT2D eigenvalue weighted by molar-refractivity contribution is 7.90. The summed E-state index contributed by atoms with van der Waals surface area (Å²) < 4.78 is 40.1. The van der Waals surface area contributed by atoms with E-state index in [2.05, 4.69) is 0 Å². The smallest absolute Gasteiger partial charge is 0.534 e. The van der Waals surface area contributed by atoms with Gasteiger partial charge in [-0.2, -0.15) is 0 Å². The molecule has 30 heavy (non-hydrogen) atoms. The van der Waals surface area contributed by atoms with Crippen LogP contribution in [0.2, 0.25) is 0 Å². The molecule has 1 aromatic heterocycles. The first-order valence-corrected chi connectivity index (χ1v) is 11.6. The fraction of sp³-hybridized carbons (Fsp3) is 0.304. The Kier molecular flexibility index (Phi) is 5.07. The second-order valence-electron chi connectivity index (χ2n) is 8.10. The molecule has 0 spiro atoms. The topological polar surface area (TPSA) is 57.5 Å². The molecule has 156 valence electrons. The molecule has 0 saturated carbocycles. The molecule has 0 amide bonds. The van der Waals surface area contributed by atoms with Gasteiger partial charge in [-0.3, -0.25) is 0 Å². The maximum Gasteiger partial charge on any atom is 0.563 e. The summed E-state index contributed by atoms with van der Waals surface area (Å²) in [5.74, 6) is 0.791. The molecule has 0 N–H and O–H groups in total. The monoisotopic (exact) mass is 423 g/mol. The maximum absolute atomic E-state index is 13.3. The number of benzene rings is 2. The van der Waals surface area contributed by atoms with Gasteiger partial charge in [0.25, 0.3) is 10.0 Å². The zero-order chi connectivity index (χ0) is 21.7. The molecule has 2 aromatic carbocycles. The van der Waals surface area contributed by atoms with Gasteiger partial charge in [-0.15, -0.1) is 0 Å². The molecule has 0 unspecified atom stereocenters. The molecule has 2 heterocycles. The number of nitrogens with zero attached hydrogens (tertiary/aromatic N) is 1. The molecular formula is C23H26BNO4S. The van der Waals surface area contributed by atoms with Crippen molar-refractivity contribution in [3.8, 4) is 0 Å². The highest BCUT2D eigenvalue weighted by Gasteiger charge is 2.43. The summed E-state index contributed by atoms with van der Waals surface area (Å²) in [5, 5.41) is 0.831. The summed E-state index contributed by atoms with van der Waals surface area (Å²) in [4.78, 5) is 0.284. The number of hydrogen-bond donors (Lipinski definition) is 0.